The molecule has 0 spiro atoms. The molecule has 0 bridgehead atoms. The van der Waals surface area contributed by atoms with Crippen LogP contribution in [0, 0.1) is 0 Å². The van der Waals surface area contributed by atoms with Gasteiger partial charge in [-0.05, 0) is 12.0 Å². The molecule has 1 saturated heterocycles. The average molecular weight is 373 g/mol. The van der Waals surface area contributed by atoms with Crippen molar-refractivity contribution in [2.75, 3.05) is 44.0 Å². The lowest BCUT2D eigenvalue weighted by Crippen LogP contribution is -2.44. The van der Waals surface area contributed by atoms with Gasteiger partial charge in [0.2, 0.25) is 5.95 Å². The third-order valence-electron chi connectivity index (χ3n) is 4.39. The van der Waals surface area contributed by atoms with Crippen LogP contribution in [0.2, 0.25) is 0 Å². The molecule has 3 rings (SSSR count). The van der Waals surface area contributed by atoms with E-state index >= 15 is 0 Å². The van der Waals surface area contributed by atoms with Crippen LogP contribution in [0.5, 0.6) is 0 Å². The summed E-state index contributed by atoms with van der Waals surface area (Å²) in [5, 5.41) is 7.43. The Balaban J connectivity index is 1.71. The molecule has 1 N–H and O–H groups in total. The van der Waals surface area contributed by atoms with Crippen molar-refractivity contribution < 1.29 is 9.53 Å². The molecule has 9 nitrogen and oxygen atoms in total. The Hall–Kier alpha value is -2.68. The molecule has 1 unspecified atom stereocenters. The lowest BCUT2D eigenvalue weighted by molar-refractivity contribution is -0.0157. The van der Waals surface area contributed by atoms with Gasteiger partial charge in [0.1, 0.15) is 6.10 Å². The van der Waals surface area contributed by atoms with Crippen LogP contribution in [0.3, 0.4) is 0 Å². The molecular weight excluding hydrogens is 346 g/mol. The van der Waals surface area contributed by atoms with Crippen LogP contribution in [-0.4, -0.2) is 64.5 Å². The molecule has 0 radical (unpaired) electrons. The molecule has 9 heteroatoms. The first-order valence-electron chi connectivity index (χ1n) is 9.06. The number of carbonyl (C=O) groups excluding carboxylic acids is 1. The second-order valence-corrected chi connectivity index (χ2v) is 7.17. The van der Waals surface area contributed by atoms with Gasteiger partial charge >= 0.3 is 6.03 Å². The van der Waals surface area contributed by atoms with Gasteiger partial charge in [-0.25, -0.2) is 14.8 Å². The number of urea groups is 1. The summed E-state index contributed by atoms with van der Waals surface area (Å²) in [5.41, 5.74) is 2.40. The van der Waals surface area contributed by atoms with Crippen LogP contribution >= 0.6 is 0 Å². The van der Waals surface area contributed by atoms with Crippen molar-refractivity contribution in [3.63, 3.8) is 0 Å². The summed E-state index contributed by atoms with van der Waals surface area (Å²) in [6, 6.07) is 1.68. The third-order valence-corrected chi connectivity index (χ3v) is 4.39. The number of carbonyl (C=O) groups is 1. The van der Waals surface area contributed by atoms with Gasteiger partial charge in [0, 0.05) is 40.1 Å². The SMILES string of the molecule is CC(C)c1nn(C)cc1NC(=O)N1CCOC(c2ccnc(N(C)C)n2)C1. The fourth-order valence-corrected chi connectivity index (χ4v) is 2.99. The lowest BCUT2D eigenvalue weighted by Gasteiger charge is -2.32. The summed E-state index contributed by atoms with van der Waals surface area (Å²) in [4.78, 5) is 25.1. The Morgan fingerprint density at radius 2 is 2.19 bits per heavy atom. The zero-order valence-electron chi connectivity index (χ0n) is 16.5. The van der Waals surface area contributed by atoms with Crippen molar-refractivity contribution in [2.45, 2.75) is 25.9 Å². The number of aryl methyl sites for hydroxylation is 1. The molecule has 1 aliphatic heterocycles. The maximum absolute atomic E-state index is 12.8. The lowest BCUT2D eigenvalue weighted by atomic mass is 10.1. The molecule has 0 aromatic carbocycles. The van der Waals surface area contributed by atoms with E-state index in [1.807, 2.05) is 38.3 Å². The summed E-state index contributed by atoms with van der Waals surface area (Å²) < 4.78 is 7.57. The quantitative estimate of drug-likeness (QED) is 0.882. The predicted octanol–water partition coefficient (Wildman–Crippen LogP) is 2.00. The van der Waals surface area contributed by atoms with E-state index in [9.17, 15) is 4.79 Å². The molecule has 27 heavy (non-hydrogen) atoms. The Labute approximate surface area is 159 Å². The van der Waals surface area contributed by atoms with Gasteiger partial charge in [-0.1, -0.05) is 13.8 Å². The van der Waals surface area contributed by atoms with Crippen molar-refractivity contribution >= 4 is 17.7 Å². The highest BCUT2D eigenvalue weighted by molar-refractivity contribution is 5.90. The number of anilines is 2. The molecule has 146 valence electrons. The first kappa shape index (κ1) is 19.1. The zero-order valence-corrected chi connectivity index (χ0v) is 16.5. The largest absolute Gasteiger partial charge is 0.368 e. The maximum atomic E-state index is 12.8. The minimum Gasteiger partial charge on any atom is -0.368 e. The standard InChI is InChI=1S/C18H27N7O2/c1-12(2)16-14(10-24(5)22-16)21-18(26)25-8-9-27-15(11-25)13-6-7-19-17(20-13)23(3)4/h6-7,10,12,15H,8-9,11H2,1-5H3,(H,21,26). The zero-order chi connectivity index (χ0) is 19.6. The van der Waals surface area contributed by atoms with Gasteiger partial charge in [-0.2, -0.15) is 5.10 Å². The highest BCUT2D eigenvalue weighted by Crippen LogP contribution is 2.25. The minimum absolute atomic E-state index is 0.153. The number of aromatic nitrogens is 4. The summed E-state index contributed by atoms with van der Waals surface area (Å²) in [6.45, 7) is 5.54. The summed E-state index contributed by atoms with van der Waals surface area (Å²) >= 11 is 0. The van der Waals surface area contributed by atoms with E-state index in [0.717, 1.165) is 17.1 Å². The third kappa shape index (κ3) is 4.36. The second-order valence-electron chi connectivity index (χ2n) is 7.17. The van der Waals surface area contributed by atoms with Crippen molar-refractivity contribution in [1.82, 2.24) is 24.6 Å². The molecule has 1 fully saturated rings. The Morgan fingerprint density at radius 1 is 1.41 bits per heavy atom. The van der Waals surface area contributed by atoms with Crippen LogP contribution in [0.25, 0.3) is 0 Å². The normalized spacial score (nSPS) is 17.3. The Bertz CT molecular complexity index is 803. The monoisotopic (exact) mass is 373 g/mol. The van der Waals surface area contributed by atoms with Gasteiger partial charge in [-0.15, -0.1) is 0 Å². The molecule has 2 aromatic rings. The molecule has 2 aromatic heterocycles. The van der Waals surface area contributed by atoms with Gasteiger partial charge in [0.05, 0.1) is 30.2 Å². The topological polar surface area (TPSA) is 88.4 Å². The van der Waals surface area contributed by atoms with E-state index in [0.29, 0.717) is 25.6 Å². The van der Waals surface area contributed by atoms with E-state index < -0.39 is 0 Å². The summed E-state index contributed by atoms with van der Waals surface area (Å²) in [7, 11) is 5.63. The fraction of sp³-hybridized carbons (Fsp3) is 0.556. The van der Waals surface area contributed by atoms with Gasteiger partial charge in [-0.3, -0.25) is 4.68 Å². The molecular formula is C18H27N7O2. The second kappa shape index (κ2) is 7.91. The number of ether oxygens (including phenoxy) is 1. The fourth-order valence-electron chi connectivity index (χ4n) is 2.99. The van der Waals surface area contributed by atoms with Crippen molar-refractivity contribution in [1.29, 1.82) is 0 Å². The van der Waals surface area contributed by atoms with Crippen LogP contribution in [-0.2, 0) is 11.8 Å². The number of nitrogens with zero attached hydrogens (tertiary/aromatic N) is 6. The number of amides is 2. The maximum Gasteiger partial charge on any atom is 0.322 e. The van der Waals surface area contributed by atoms with E-state index in [1.54, 1.807) is 15.8 Å². The van der Waals surface area contributed by atoms with Crippen molar-refractivity contribution in [3.05, 3.63) is 29.8 Å². The smallest absolute Gasteiger partial charge is 0.322 e. The number of hydrogen-bond acceptors (Lipinski definition) is 6. The van der Waals surface area contributed by atoms with Crippen molar-refractivity contribution in [2.24, 2.45) is 7.05 Å². The molecule has 1 atom stereocenters. The number of rotatable bonds is 4. The first-order chi connectivity index (χ1) is 12.8. The van der Waals surface area contributed by atoms with E-state index in [4.69, 9.17) is 4.74 Å². The van der Waals surface area contributed by atoms with Gasteiger partial charge < -0.3 is 19.9 Å². The highest BCUT2D eigenvalue weighted by Gasteiger charge is 2.27. The summed E-state index contributed by atoms with van der Waals surface area (Å²) in [6.07, 6.45) is 3.27. The van der Waals surface area contributed by atoms with E-state index in [2.05, 4.69) is 34.2 Å². The van der Waals surface area contributed by atoms with Crippen LogP contribution < -0.4 is 10.2 Å². The Kier molecular flexibility index (Phi) is 5.59. The number of morpholine rings is 1. The molecule has 3 heterocycles. The Morgan fingerprint density at radius 3 is 2.89 bits per heavy atom. The van der Waals surface area contributed by atoms with Crippen LogP contribution in [0.1, 0.15) is 37.3 Å². The van der Waals surface area contributed by atoms with E-state index in [-0.39, 0.29) is 18.1 Å². The average Bonchev–Trinajstić information content (AvgIpc) is 3.02. The van der Waals surface area contributed by atoms with E-state index in [1.165, 1.54) is 0 Å². The molecule has 0 saturated carbocycles. The van der Waals surface area contributed by atoms with Gasteiger partial charge in [0.15, 0.2) is 0 Å². The predicted molar refractivity (Wildman–Crippen MR) is 103 cm³/mol. The minimum atomic E-state index is -0.273. The molecule has 2 amide bonds. The summed E-state index contributed by atoms with van der Waals surface area (Å²) in [5.74, 6) is 0.846. The van der Waals surface area contributed by atoms with Gasteiger partial charge in [0.25, 0.3) is 0 Å². The molecule has 1 aliphatic rings. The van der Waals surface area contributed by atoms with Crippen LogP contribution in [0.15, 0.2) is 18.5 Å². The first-order valence-corrected chi connectivity index (χ1v) is 9.06. The highest BCUT2D eigenvalue weighted by atomic mass is 16.5. The molecule has 0 aliphatic carbocycles. The number of nitrogens with one attached hydrogen (secondary N) is 1. The number of hydrogen-bond donors (Lipinski definition) is 1. The van der Waals surface area contributed by atoms with Crippen LogP contribution in [0.4, 0.5) is 16.4 Å². The van der Waals surface area contributed by atoms with Crippen molar-refractivity contribution in [3.8, 4) is 0 Å².